The molecule has 5 heteroatoms. The molecule has 0 aromatic carbocycles. The van der Waals surface area contributed by atoms with E-state index in [1.807, 2.05) is 14.1 Å². The van der Waals surface area contributed by atoms with E-state index in [9.17, 15) is 4.79 Å². The van der Waals surface area contributed by atoms with Crippen molar-refractivity contribution in [3.8, 4) is 11.8 Å². The van der Waals surface area contributed by atoms with Crippen molar-refractivity contribution in [3.05, 3.63) is 17.7 Å². The van der Waals surface area contributed by atoms with Gasteiger partial charge in [-0.15, -0.1) is 0 Å². The van der Waals surface area contributed by atoms with Crippen LogP contribution >= 0.6 is 0 Å². The summed E-state index contributed by atoms with van der Waals surface area (Å²) < 4.78 is 10.0. The molecule has 1 heterocycles. The molecular weight excluding hydrogens is 208 g/mol. The maximum Gasteiger partial charge on any atom is 0.227 e. The van der Waals surface area contributed by atoms with Gasteiger partial charge in [-0.2, -0.15) is 4.98 Å². The molecule has 0 aliphatic carbocycles. The number of carbonyl (C=O) groups excluding carboxylic acids is 1. The van der Waals surface area contributed by atoms with Crippen molar-refractivity contribution in [1.29, 1.82) is 0 Å². The van der Waals surface area contributed by atoms with Crippen molar-refractivity contribution in [2.45, 2.75) is 0 Å². The minimum absolute atomic E-state index is 0.0306. The molecule has 1 rings (SSSR count). The molecule has 1 aromatic heterocycles. The molecule has 0 atom stereocenters. The highest BCUT2D eigenvalue weighted by Gasteiger charge is 2.15. The minimum Gasteiger partial charge on any atom is -0.481 e. The van der Waals surface area contributed by atoms with Crippen molar-refractivity contribution in [3.63, 3.8) is 0 Å². The van der Waals surface area contributed by atoms with Gasteiger partial charge < -0.3 is 14.4 Å². The highest BCUT2D eigenvalue weighted by atomic mass is 16.5. The van der Waals surface area contributed by atoms with E-state index in [1.54, 1.807) is 17.0 Å². The lowest BCUT2D eigenvalue weighted by Gasteiger charge is -2.11. The van der Waals surface area contributed by atoms with Crippen molar-refractivity contribution in [2.24, 2.45) is 0 Å². The number of ketones is 1. The fourth-order valence-electron chi connectivity index (χ4n) is 1.28. The van der Waals surface area contributed by atoms with Crippen LogP contribution in [0.3, 0.4) is 0 Å². The molecule has 0 unspecified atom stereocenters. The van der Waals surface area contributed by atoms with Gasteiger partial charge in [-0.25, -0.2) is 0 Å². The predicted molar refractivity (Wildman–Crippen MR) is 60.2 cm³/mol. The zero-order valence-electron chi connectivity index (χ0n) is 9.98. The van der Waals surface area contributed by atoms with Gasteiger partial charge in [0.15, 0.2) is 5.78 Å². The number of nitrogens with zero attached hydrogens (tertiary/aromatic N) is 2. The molecule has 0 saturated heterocycles. The van der Waals surface area contributed by atoms with Crippen molar-refractivity contribution in [2.75, 3.05) is 34.9 Å². The number of pyridine rings is 1. The van der Waals surface area contributed by atoms with Crippen LogP contribution in [0.2, 0.25) is 0 Å². The number of hydrogen-bond acceptors (Lipinski definition) is 5. The van der Waals surface area contributed by atoms with Crippen LogP contribution in [0.5, 0.6) is 11.8 Å². The van der Waals surface area contributed by atoms with Gasteiger partial charge in [-0.3, -0.25) is 4.79 Å². The lowest BCUT2D eigenvalue weighted by atomic mass is 10.1. The number of likely N-dealkylation sites (N-methyl/N-ethyl adjacent to an activating group) is 1. The SMILES string of the molecule is COc1ccc(C(=O)CN(C)C)c(OC)n1. The summed E-state index contributed by atoms with van der Waals surface area (Å²) >= 11 is 0. The molecule has 0 spiro atoms. The molecule has 0 bridgehead atoms. The normalized spacial score (nSPS) is 10.3. The van der Waals surface area contributed by atoms with Crippen LogP contribution in [-0.4, -0.2) is 50.5 Å². The Morgan fingerprint density at radius 1 is 1.31 bits per heavy atom. The summed E-state index contributed by atoms with van der Waals surface area (Å²) in [6.45, 7) is 0.324. The van der Waals surface area contributed by atoms with E-state index in [4.69, 9.17) is 9.47 Å². The number of rotatable bonds is 5. The van der Waals surface area contributed by atoms with Gasteiger partial charge in [0.05, 0.1) is 26.3 Å². The molecule has 0 saturated carbocycles. The number of methoxy groups -OCH3 is 2. The van der Waals surface area contributed by atoms with Gasteiger partial charge in [-0.05, 0) is 20.2 Å². The first kappa shape index (κ1) is 12.4. The van der Waals surface area contributed by atoms with Gasteiger partial charge in [0.2, 0.25) is 11.8 Å². The van der Waals surface area contributed by atoms with E-state index in [1.165, 1.54) is 14.2 Å². The number of aromatic nitrogens is 1. The van der Waals surface area contributed by atoms with Crippen LogP contribution < -0.4 is 9.47 Å². The zero-order chi connectivity index (χ0) is 12.1. The average Bonchev–Trinajstić information content (AvgIpc) is 2.27. The summed E-state index contributed by atoms with van der Waals surface area (Å²) in [5.74, 6) is 0.696. The Hall–Kier alpha value is -1.62. The Kier molecular flexibility index (Phi) is 4.25. The lowest BCUT2D eigenvalue weighted by Crippen LogP contribution is -2.22. The first-order valence-electron chi connectivity index (χ1n) is 4.85. The molecule has 88 valence electrons. The third-order valence-electron chi connectivity index (χ3n) is 2.00. The highest BCUT2D eigenvalue weighted by molar-refractivity contribution is 5.99. The topological polar surface area (TPSA) is 51.7 Å². The first-order chi connectivity index (χ1) is 7.58. The molecule has 0 aliphatic rings. The molecule has 1 aromatic rings. The minimum atomic E-state index is -0.0306. The van der Waals surface area contributed by atoms with E-state index in [0.29, 0.717) is 23.9 Å². The number of ether oxygens (including phenoxy) is 2. The Balaban J connectivity index is 2.99. The van der Waals surface area contributed by atoms with E-state index in [0.717, 1.165) is 0 Å². The second-order valence-corrected chi connectivity index (χ2v) is 3.57. The van der Waals surface area contributed by atoms with E-state index in [2.05, 4.69) is 4.98 Å². The van der Waals surface area contributed by atoms with Crippen LogP contribution in [0.15, 0.2) is 12.1 Å². The molecule has 0 N–H and O–H groups in total. The Morgan fingerprint density at radius 2 is 2.00 bits per heavy atom. The first-order valence-corrected chi connectivity index (χ1v) is 4.85. The Morgan fingerprint density at radius 3 is 2.50 bits per heavy atom. The van der Waals surface area contributed by atoms with Gasteiger partial charge in [-0.1, -0.05) is 0 Å². The van der Waals surface area contributed by atoms with Crippen molar-refractivity contribution in [1.82, 2.24) is 9.88 Å². The molecular formula is C11H16N2O3. The zero-order valence-corrected chi connectivity index (χ0v) is 9.98. The molecule has 0 radical (unpaired) electrons. The van der Waals surface area contributed by atoms with Crippen LogP contribution in [0.4, 0.5) is 0 Å². The molecule has 0 aliphatic heterocycles. The summed E-state index contributed by atoms with van der Waals surface area (Å²) in [5, 5.41) is 0. The molecule has 0 fully saturated rings. The fraction of sp³-hybridized carbons (Fsp3) is 0.455. The van der Waals surface area contributed by atoms with Crippen LogP contribution in [0.1, 0.15) is 10.4 Å². The van der Waals surface area contributed by atoms with Gasteiger partial charge >= 0.3 is 0 Å². The number of hydrogen-bond donors (Lipinski definition) is 0. The summed E-state index contributed by atoms with van der Waals surface area (Å²) in [7, 11) is 6.67. The highest BCUT2D eigenvalue weighted by Crippen LogP contribution is 2.20. The van der Waals surface area contributed by atoms with Crippen molar-refractivity contribution < 1.29 is 14.3 Å². The maximum absolute atomic E-state index is 11.8. The summed E-state index contributed by atoms with van der Waals surface area (Å²) in [6.07, 6.45) is 0. The quantitative estimate of drug-likeness (QED) is 0.694. The van der Waals surface area contributed by atoms with Crippen LogP contribution in [-0.2, 0) is 0 Å². The van der Waals surface area contributed by atoms with E-state index >= 15 is 0 Å². The summed E-state index contributed by atoms with van der Waals surface area (Å²) in [6, 6.07) is 3.31. The largest absolute Gasteiger partial charge is 0.481 e. The standard InChI is InChI=1S/C11H16N2O3/c1-13(2)7-9(14)8-5-6-10(15-3)12-11(8)16-4/h5-6H,7H2,1-4H3. The predicted octanol–water partition coefficient (Wildman–Crippen LogP) is 0.843. The summed E-state index contributed by atoms with van der Waals surface area (Å²) in [4.78, 5) is 17.7. The maximum atomic E-state index is 11.8. The molecule has 5 nitrogen and oxygen atoms in total. The van der Waals surface area contributed by atoms with E-state index < -0.39 is 0 Å². The number of Topliss-reactive ketones (excluding diaryl/α,β-unsaturated/α-hetero) is 1. The summed E-state index contributed by atoms with van der Waals surface area (Å²) in [5.41, 5.74) is 0.469. The third kappa shape index (κ3) is 2.93. The van der Waals surface area contributed by atoms with Gasteiger partial charge in [0.1, 0.15) is 0 Å². The lowest BCUT2D eigenvalue weighted by molar-refractivity contribution is 0.0954. The fourth-order valence-corrected chi connectivity index (χ4v) is 1.28. The number of carbonyl (C=O) groups is 1. The second kappa shape index (κ2) is 5.46. The monoisotopic (exact) mass is 224 g/mol. The molecule has 16 heavy (non-hydrogen) atoms. The smallest absolute Gasteiger partial charge is 0.227 e. The Bertz CT molecular complexity index is 377. The van der Waals surface area contributed by atoms with Crippen molar-refractivity contribution >= 4 is 5.78 Å². The molecule has 0 amide bonds. The third-order valence-corrected chi connectivity index (χ3v) is 2.00. The van der Waals surface area contributed by atoms with Crippen LogP contribution in [0, 0.1) is 0 Å². The Labute approximate surface area is 95.0 Å². The van der Waals surface area contributed by atoms with Gasteiger partial charge in [0, 0.05) is 6.07 Å². The van der Waals surface area contributed by atoms with Gasteiger partial charge in [0.25, 0.3) is 0 Å². The second-order valence-electron chi connectivity index (χ2n) is 3.57. The van der Waals surface area contributed by atoms with E-state index in [-0.39, 0.29) is 5.78 Å². The van der Waals surface area contributed by atoms with Crippen LogP contribution in [0.25, 0.3) is 0 Å². The average molecular weight is 224 g/mol.